The minimum absolute atomic E-state index is 0. The first-order valence-corrected chi connectivity index (χ1v) is 11.7. The quantitative estimate of drug-likeness (QED) is 0.319. The number of nitrogens with one attached hydrogen (secondary N) is 3. The molecule has 0 amide bonds. The Labute approximate surface area is 186 Å². The number of fused-ring (bicyclic) bond motifs is 2. The lowest BCUT2D eigenvalue weighted by Gasteiger charge is -2.23. The van der Waals surface area contributed by atoms with Crippen molar-refractivity contribution in [2.75, 3.05) is 26.2 Å². The number of rotatable bonds is 5. The first-order chi connectivity index (χ1) is 14.5. The van der Waals surface area contributed by atoms with Gasteiger partial charge in [-0.3, -0.25) is 4.79 Å². The number of ether oxygens (including phenoxy) is 1. The van der Waals surface area contributed by atoms with E-state index in [0.717, 1.165) is 19.6 Å². The lowest BCUT2D eigenvalue weighted by molar-refractivity contribution is -0.903. The van der Waals surface area contributed by atoms with E-state index >= 15 is 0 Å². The van der Waals surface area contributed by atoms with E-state index in [0.29, 0.717) is 40.1 Å². The van der Waals surface area contributed by atoms with Gasteiger partial charge in [-0.25, -0.2) is 18.2 Å². The number of piperidine rings is 1. The fourth-order valence-electron chi connectivity index (χ4n) is 4.28. The van der Waals surface area contributed by atoms with Crippen molar-refractivity contribution in [1.29, 1.82) is 0 Å². The Bertz CT molecular complexity index is 1290. The normalized spacial score (nSPS) is 15.7. The molecule has 0 bridgehead atoms. The molecule has 3 N–H and O–H groups in total. The summed E-state index contributed by atoms with van der Waals surface area (Å²) in [6.07, 6.45) is 3.67. The summed E-state index contributed by atoms with van der Waals surface area (Å²) in [5.74, 6) is 1.04. The molecule has 0 unspecified atom stereocenters. The second-order valence-corrected chi connectivity index (χ2v) is 9.57. The second-order valence-electron chi connectivity index (χ2n) is 7.80. The fourth-order valence-corrected chi connectivity index (χ4v) is 5.34. The van der Waals surface area contributed by atoms with Gasteiger partial charge in [0.1, 0.15) is 17.2 Å². The average molecular weight is 463 g/mol. The smallest absolute Gasteiger partial charge is 0.272 e. The summed E-state index contributed by atoms with van der Waals surface area (Å²) >= 11 is 0. The summed E-state index contributed by atoms with van der Waals surface area (Å²) in [6.45, 7) is 3.38. The second kappa shape index (κ2) is 8.58. The van der Waals surface area contributed by atoms with Crippen molar-refractivity contribution in [2.45, 2.75) is 24.2 Å². The largest absolute Gasteiger partial charge is 1.00 e. The molecule has 1 aromatic heterocycles. The number of halogens is 1. The molecule has 0 spiro atoms. The number of hydrogen-bond acceptors (Lipinski definition) is 5. The number of aromatic nitrogens is 2. The van der Waals surface area contributed by atoms with E-state index in [1.165, 1.54) is 30.2 Å². The third-order valence-corrected chi connectivity index (χ3v) is 7.30. The Morgan fingerprint density at radius 1 is 1.10 bits per heavy atom. The van der Waals surface area contributed by atoms with Gasteiger partial charge in [0, 0.05) is 5.56 Å². The Morgan fingerprint density at radius 3 is 2.71 bits per heavy atom. The van der Waals surface area contributed by atoms with Crippen LogP contribution >= 0.6 is 0 Å². The van der Waals surface area contributed by atoms with Gasteiger partial charge in [-0.05, 0) is 49.6 Å². The lowest BCUT2D eigenvalue weighted by Crippen LogP contribution is -3.13. The third kappa shape index (κ3) is 4.06. The molecule has 0 atom stereocenters. The van der Waals surface area contributed by atoms with Crippen LogP contribution in [0.5, 0.6) is 11.5 Å². The van der Waals surface area contributed by atoms with Crippen LogP contribution in [0, 0.1) is 0 Å². The Kier molecular flexibility index (Phi) is 6.02. The summed E-state index contributed by atoms with van der Waals surface area (Å²) in [4.78, 5) is 13.7. The van der Waals surface area contributed by atoms with Gasteiger partial charge < -0.3 is 22.0 Å². The van der Waals surface area contributed by atoms with Crippen LogP contribution in [-0.4, -0.2) is 44.8 Å². The summed E-state index contributed by atoms with van der Waals surface area (Å²) in [6, 6.07) is 9.93. The number of likely N-dealkylation sites (tertiary alicyclic amines) is 1. The molecule has 3 aromatic rings. The maximum Gasteiger partial charge on any atom is 0.272 e. The molecule has 3 heterocycles. The Hall–Kier alpha value is -2.46. The molecule has 1 fully saturated rings. The first-order valence-electron chi connectivity index (χ1n) is 10.2. The van der Waals surface area contributed by atoms with Gasteiger partial charge in [0.2, 0.25) is 10.0 Å². The van der Waals surface area contributed by atoms with Crippen LogP contribution < -0.4 is 32.3 Å². The zero-order valence-electron chi connectivity index (χ0n) is 16.8. The molecule has 0 radical (unpaired) electrons. The summed E-state index contributed by atoms with van der Waals surface area (Å²) < 4.78 is 34.4. The Balaban J connectivity index is 0.00000231. The average Bonchev–Trinajstić information content (AvgIpc) is 2.76. The van der Waals surface area contributed by atoms with E-state index in [9.17, 15) is 13.2 Å². The maximum absolute atomic E-state index is 12.9. The van der Waals surface area contributed by atoms with Gasteiger partial charge in [-0.2, -0.15) is 5.10 Å². The van der Waals surface area contributed by atoms with Crippen molar-refractivity contribution >= 4 is 20.8 Å². The number of aromatic amines is 1. The Morgan fingerprint density at radius 2 is 1.90 bits per heavy atom. The van der Waals surface area contributed by atoms with Crippen LogP contribution in [0.3, 0.4) is 0 Å². The zero-order chi connectivity index (χ0) is 20.7. The fraction of sp³-hybridized carbons (Fsp3) is 0.333. The van der Waals surface area contributed by atoms with Crippen LogP contribution in [0.1, 0.15) is 19.3 Å². The molecule has 31 heavy (non-hydrogen) atoms. The number of benzene rings is 2. The summed E-state index contributed by atoms with van der Waals surface area (Å²) in [5.41, 5.74) is 0.740. The van der Waals surface area contributed by atoms with Crippen LogP contribution in [0.15, 0.2) is 46.1 Å². The van der Waals surface area contributed by atoms with E-state index in [1.807, 2.05) is 0 Å². The van der Waals surface area contributed by atoms with Crippen molar-refractivity contribution < 1.29 is 30.5 Å². The molecule has 164 valence electrons. The highest BCUT2D eigenvalue weighted by Crippen LogP contribution is 2.44. The van der Waals surface area contributed by atoms with Crippen LogP contribution in [-0.2, 0) is 10.0 Å². The van der Waals surface area contributed by atoms with Crippen LogP contribution in [0.25, 0.3) is 22.0 Å². The van der Waals surface area contributed by atoms with Gasteiger partial charge in [-0.1, -0.05) is 6.07 Å². The van der Waals surface area contributed by atoms with Crippen LogP contribution in [0.2, 0.25) is 0 Å². The number of sulfonamides is 1. The first kappa shape index (κ1) is 21.8. The summed E-state index contributed by atoms with van der Waals surface area (Å²) in [5, 5.41) is 7.73. The molecular weight excluding hydrogens is 440 g/mol. The third-order valence-electron chi connectivity index (χ3n) is 5.84. The standard InChI is InChI=1S/C21H22N4O4S.ClH/c26-21-15-5-4-6-18-19(15)20(23-24-21)16-13-14(7-8-17(16)29-18)30(27,28)22-9-12-25-10-2-1-3-11-25;/h4-8,13,22H,1-3,9-12H2,(H,24,26);1H. The zero-order valence-corrected chi connectivity index (χ0v) is 18.4. The highest BCUT2D eigenvalue weighted by atomic mass is 35.5. The minimum Gasteiger partial charge on any atom is -1.00 e. The number of H-pyrrole nitrogens is 1. The van der Waals surface area contributed by atoms with Gasteiger partial charge in [0.05, 0.1) is 41.8 Å². The molecule has 10 heteroatoms. The van der Waals surface area contributed by atoms with Gasteiger partial charge in [-0.15, -0.1) is 0 Å². The van der Waals surface area contributed by atoms with Gasteiger partial charge in [0.25, 0.3) is 5.56 Å². The summed E-state index contributed by atoms with van der Waals surface area (Å²) in [7, 11) is -3.67. The molecular formula is C21H23ClN4O4S. The van der Waals surface area contributed by atoms with Crippen molar-refractivity contribution in [3.8, 4) is 22.8 Å². The van der Waals surface area contributed by atoms with Crippen molar-refractivity contribution in [1.82, 2.24) is 14.9 Å². The molecule has 5 rings (SSSR count). The number of quaternary nitrogens is 1. The van der Waals surface area contributed by atoms with E-state index in [-0.39, 0.29) is 22.9 Å². The van der Waals surface area contributed by atoms with Crippen molar-refractivity contribution in [2.24, 2.45) is 0 Å². The topological polar surface area (TPSA) is 106 Å². The maximum atomic E-state index is 12.9. The molecule has 0 saturated carbocycles. The predicted octanol–water partition coefficient (Wildman–Crippen LogP) is -1.95. The minimum atomic E-state index is -3.67. The molecule has 1 saturated heterocycles. The van der Waals surface area contributed by atoms with Gasteiger partial charge >= 0.3 is 0 Å². The van der Waals surface area contributed by atoms with E-state index in [4.69, 9.17) is 4.74 Å². The predicted molar refractivity (Wildman–Crippen MR) is 112 cm³/mol. The van der Waals surface area contributed by atoms with E-state index in [2.05, 4.69) is 14.9 Å². The van der Waals surface area contributed by atoms with Gasteiger partial charge in [0.15, 0.2) is 0 Å². The monoisotopic (exact) mass is 462 g/mol. The highest BCUT2D eigenvalue weighted by Gasteiger charge is 2.25. The SMILES string of the molecule is O=c1[nH]nc2c3c(cccc13)Oc1ccc(S(=O)(=O)NCC[NH+]3CCCCC3)cc1-2.[Cl-]. The number of hydrogen-bond donors (Lipinski definition) is 3. The van der Waals surface area contributed by atoms with Crippen molar-refractivity contribution in [3.63, 3.8) is 0 Å². The highest BCUT2D eigenvalue weighted by molar-refractivity contribution is 7.89. The molecule has 0 aliphatic carbocycles. The lowest BCUT2D eigenvalue weighted by atomic mass is 10.0. The molecule has 8 nitrogen and oxygen atoms in total. The number of nitrogens with zero attached hydrogens (tertiary/aromatic N) is 1. The van der Waals surface area contributed by atoms with E-state index < -0.39 is 10.0 Å². The molecule has 2 aromatic carbocycles. The molecule has 2 aliphatic rings. The van der Waals surface area contributed by atoms with Crippen molar-refractivity contribution in [3.05, 3.63) is 46.8 Å². The van der Waals surface area contributed by atoms with Crippen LogP contribution in [0.4, 0.5) is 0 Å². The van der Waals surface area contributed by atoms with E-state index in [1.54, 1.807) is 30.3 Å². The molecule has 2 aliphatic heterocycles.